The van der Waals surface area contributed by atoms with Gasteiger partial charge in [0.05, 0.1) is 38.2 Å². The maximum atomic E-state index is 13.5. The summed E-state index contributed by atoms with van der Waals surface area (Å²) in [6, 6.07) is 15.1. The molecule has 0 spiro atoms. The van der Waals surface area contributed by atoms with Crippen LogP contribution < -0.4 is 35.0 Å². The van der Waals surface area contributed by atoms with E-state index in [1.165, 1.54) is 25.5 Å². The second-order valence-corrected chi connectivity index (χ2v) is 9.97. The molecule has 2 amide bonds. The molecule has 1 heterocycles. The predicted molar refractivity (Wildman–Crippen MR) is 167 cm³/mol. The summed E-state index contributed by atoms with van der Waals surface area (Å²) < 4.78 is 41.5. The zero-order valence-electron chi connectivity index (χ0n) is 26.0. The Balaban J connectivity index is 1.37. The van der Waals surface area contributed by atoms with Gasteiger partial charge in [-0.2, -0.15) is 5.10 Å². The van der Waals surface area contributed by atoms with Crippen LogP contribution in [0.4, 0.5) is 9.18 Å². The Labute approximate surface area is 266 Å². The third-order valence-corrected chi connectivity index (χ3v) is 6.66. The zero-order chi connectivity index (χ0) is 33.1. The Kier molecular flexibility index (Phi) is 11.8. The monoisotopic (exact) mass is 636 g/mol. The molecule has 4 N–H and O–H groups in total. The van der Waals surface area contributed by atoms with Crippen LogP contribution in [0.5, 0.6) is 23.0 Å². The van der Waals surface area contributed by atoms with Gasteiger partial charge in [-0.05, 0) is 79.9 Å². The summed E-state index contributed by atoms with van der Waals surface area (Å²) >= 11 is 0. The van der Waals surface area contributed by atoms with Gasteiger partial charge in [0.2, 0.25) is 0 Å². The number of hydrogen-bond donors (Lipinski definition) is 4. The first-order chi connectivity index (χ1) is 22.2. The van der Waals surface area contributed by atoms with E-state index < -0.39 is 24.3 Å². The van der Waals surface area contributed by atoms with Gasteiger partial charge in [0.25, 0.3) is 0 Å². The topological polar surface area (TPSA) is 149 Å². The minimum atomic E-state index is -1.18. The minimum absolute atomic E-state index is 0.173. The molecule has 244 valence electrons. The lowest BCUT2D eigenvalue weighted by Crippen LogP contribution is -2.45. The van der Waals surface area contributed by atoms with Crippen molar-refractivity contribution in [2.75, 3.05) is 26.9 Å². The highest BCUT2D eigenvalue weighted by Gasteiger charge is 2.32. The van der Waals surface area contributed by atoms with Gasteiger partial charge in [0, 0.05) is 5.70 Å². The van der Waals surface area contributed by atoms with Crippen molar-refractivity contribution in [3.63, 3.8) is 0 Å². The summed E-state index contributed by atoms with van der Waals surface area (Å²) in [5.41, 5.74) is 5.19. The Hall–Kier alpha value is -5.30. The first kappa shape index (κ1) is 33.6. The van der Waals surface area contributed by atoms with Crippen molar-refractivity contribution in [3.8, 4) is 23.0 Å². The smallest absolute Gasteiger partial charge is 0.337 e. The number of benzene rings is 3. The highest BCUT2D eigenvalue weighted by atomic mass is 19.1. The molecular weight excluding hydrogens is 599 g/mol. The molecule has 0 bridgehead atoms. The molecule has 1 aliphatic rings. The summed E-state index contributed by atoms with van der Waals surface area (Å²) in [6.07, 6.45) is 0.329. The molecule has 4 rings (SSSR count). The first-order valence-electron chi connectivity index (χ1n) is 14.6. The SMILES string of the molecule is CCOc1cc(/C=N\N[C@@H](O)COc2ccc([C@@H]3NC(=O)NC(C)=C3C(=O)OC)cc2OCC)ccc1OCc1cccc(F)c1. The van der Waals surface area contributed by atoms with Gasteiger partial charge in [-0.1, -0.05) is 18.2 Å². The molecule has 0 fully saturated rings. The average Bonchev–Trinajstić information content (AvgIpc) is 3.03. The number of nitrogens with one attached hydrogen (secondary N) is 3. The number of hydrogen-bond acceptors (Lipinski definition) is 10. The Morgan fingerprint density at radius 1 is 1.00 bits per heavy atom. The fraction of sp³-hybridized carbons (Fsp3) is 0.303. The fourth-order valence-corrected chi connectivity index (χ4v) is 4.60. The van der Waals surface area contributed by atoms with Gasteiger partial charge >= 0.3 is 12.0 Å². The van der Waals surface area contributed by atoms with Gasteiger partial charge in [0.15, 0.2) is 29.2 Å². The van der Waals surface area contributed by atoms with Crippen LogP contribution in [0.15, 0.2) is 77.0 Å². The second-order valence-electron chi connectivity index (χ2n) is 9.97. The summed E-state index contributed by atoms with van der Waals surface area (Å²) in [5, 5.41) is 19.9. The highest BCUT2D eigenvalue weighted by molar-refractivity contribution is 5.95. The number of carbonyl (C=O) groups is 2. The average molecular weight is 637 g/mol. The molecule has 3 aromatic rings. The lowest BCUT2D eigenvalue weighted by Gasteiger charge is -2.28. The van der Waals surface area contributed by atoms with Gasteiger partial charge in [0.1, 0.15) is 19.0 Å². The Morgan fingerprint density at radius 3 is 2.43 bits per heavy atom. The summed E-state index contributed by atoms with van der Waals surface area (Å²) in [5.74, 6) is 0.766. The number of ether oxygens (including phenoxy) is 5. The van der Waals surface area contributed by atoms with E-state index in [4.69, 9.17) is 23.7 Å². The molecule has 12 nitrogen and oxygen atoms in total. The number of urea groups is 1. The molecule has 0 aromatic heterocycles. The quantitative estimate of drug-likeness (QED) is 0.0828. The van der Waals surface area contributed by atoms with Crippen molar-refractivity contribution in [3.05, 3.63) is 94.4 Å². The normalized spacial score (nSPS) is 15.1. The van der Waals surface area contributed by atoms with Crippen LogP contribution in [0.2, 0.25) is 0 Å². The molecule has 13 heteroatoms. The van der Waals surface area contributed by atoms with E-state index in [0.29, 0.717) is 58.6 Å². The number of aliphatic hydroxyl groups is 1. The molecule has 46 heavy (non-hydrogen) atoms. The maximum absolute atomic E-state index is 13.5. The first-order valence-corrected chi connectivity index (χ1v) is 14.6. The van der Waals surface area contributed by atoms with E-state index in [9.17, 15) is 19.1 Å². The fourth-order valence-electron chi connectivity index (χ4n) is 4.60. The van der Waals surface area contributed by atoms with Crippen molar-refractivity contribution in [2.24, 2.45) is 5.10 Å². The van der Waals surface area contributed by atoms with Crippen molar-refractivity contribution < 1.29 is 42.8 Å². The molecule has 3 aromatic carbocycles. The zero-order valence-corrected chi connectivity index (χ0v) is 26.0. The van der Waals surface area contributed by atoms with Crippen LogP contribution in [-0.4, -0.2) is 56.5 Å². The van der Waals surface area contributed by atoms with Crippen molar-refractivity contribution in [2.45, 2.75) is 39.6 Å². The molecule has 0 unspecified atom stereocenters. The second kappa shape index (κ2) is 16.1. The van der Waals surface area contributed by atoms with Crippen LogP contribution in [0.1, 0.15) is 43.5 Å². The minimum Gasteiger partial charge on any atom is -0.490 e. The summed E-state index contributed by atoms with van der Waals surface area (Å²) in [7, 11) is 1.27. The van der Waals surface area contributed by atoms with E-state index in [2.05, 4.69) is 21.2 Å². The molecule has 2 atom stereocenters. The van der Waals surface area contributed by atoms with E-state index in [1.807, 2.05) is 6.92 Å². The van der Waals surface area contributed by atoms with Gasteiger partial charge in [-0.25, -0.2) is 14.0 Å². The number of methoxy groups -OCH3 is 1. The van der Waals surface area contributed by atoms with Crippen LogP contribution >= 0.6 is 0 Å². The number of amides is 2. The number of carbonyl (C=O) groups excluding carboxylic acids is 2. The van der Waals surface area contributed by atoms with Crippen LogP contribution in [-0.2, 0) is 16.1 Å². The van der Waals surface area contributed by atoms with Gasteiger partial charge < -0.3 is 39.4 Å². The van der Waals surface area contributed by atoms with Crippen LogP contribution in [0.3, 0.4) is 0 Å². The van der Waals surface area contributed by atoms with Crippen molar-refractivity contribution in [1.82, 2.24) is 16.1 Å². The molecular formula is C33H37FN4O8. The van der Waals surface area contributed by atoms with Gasteiger partial charge in [-0.15, -0.1) is 0 Å². The highest BCUT2D eigenvalue weighted by Crippen LogP contribution is 2.35. The van der Waals surface area contributed by atoms with Crippen LogP contribution in [0.25, 0.3) is 0 Å². The Bertz CT molecular complexity index is 1600. The third-order valence-electron chi connectivity index (χ3n) is 6.66. The standard InChI is InChI=1S/C33H37FN4O8/c1-5-43-27-15-21(10-12-25(27)45-18-22-8-7-9-24(34)14-22)17-35-38-29(39)19-46-26-13-11-23(16-28(26)44-6-2)31-30(32(40)42-4)20(3)36-33(41)37-31/h7-17,29,31,38-39H,5-6,18-19H2,1-4H3,(H2,36,37,41)/b35-17-/t29-,31-/m0/s1. The molecule has 0 saturated carbocycles. The van der Waals surface area contributed by atoms with Gasteiger partial charge in [-0.3, -0.25) is 5.43 Å². The molecule has 0 aliphatic carbocycles. The van der Waals surface area contributed by atoms with Crippen molar-refractivity contribution in [1.29, 1.82) is 0 Å². The lowest BCUT2D eigenvalue weighted by molar-refractivity contribution is -0.136. The van der Waals surface area contributed by atoms with E-state index in [0.717, 1.165) is 0 Å². The molecule has 0 saturated heterocycles. The summed E-state index contributed by atoms with van der Waals surface area (Å²) in [4.78, 5) is 24.6. The summed E-state index contributed by atoms with van der Waals surface area (Å²) in [6.45, 7) is 6.00. The third kappa shape index (κ3) is 8.88. The molecule has 1 aliphatic heterocycles. The Morgan fingerprint density at radius 2 is 1.72 bits per heavy atom. The molecule has 0 radical (unpaired) electrons. The largest absolute Gasteiger partial charge is 0.490 e. The maximum Gasteiger partial charge on any atom is 0.337 e. The van der Waals surface area contributed by atoms with Crippen LogP contribution in [0, 0.1) is 5.82 Å². The predicted octanol–water partition coefficient (Wildman–Crippen LogP) is 4.32. The number of aliphatic hydroxyl groups excluding tert-OH is 1. The van der Waals surface area contributed by atoms with Crippen molar-refractivity contribution >= 4 is 18.2 Å². The number of esters is 1. The van der Waals surface area contributed by atoms with E-state index in [-0.39, 0.29) is 24.6 Å². The lowest BCUT2D eigenvalue weighted by atomic mass is 9.95. The number of hydrazone groups is 1. The number of rotatable bonds is 15. The number of nitrogens with zero attached hydrogens (tertiary/aromatic N) is 1. The van der Waals surface area contributed by atoms with E-state index >= 15 is 0 Å². The van der Waals surface area contributed by atoms with E-state index in [1.54, 1.807) is 62.4 Å². The number of allylic oxidation sites excluding steroid dienone is 1. The number of halogens is 1.